The summed E-state index contributed by atoms with van der Waals surface area (Å²) in [5.74, 6) is 3.04. The highest BCUT2D eigenvalue weighted by Gasteiger charge is 2.22. The molecule has 0 aromatic heterocycles. The summed E-state index contributed by atoms with van der Waals surface area (Å²) in [6.45, 7) is 0.283. The van der Waals surface area contributed by atoms with E-state index in [2.05, 4.69) is 22.0 Å². The summed E-state index contributed by atoms with van der Waals surface area (Å²) in [5.41, 5.74) is 1.29. The molecular weight excluding hydrogens is 288 g/mol. The number of ether oxygens (including phenoxy) is 1. The van der Waals surface area contributed by atoms with Gasteiger partial charge in [0.25, 0.3) is 0 Å². The number of thioether (sulfide) groups is 1. The molecule has 0 amide bonds. The Balaban J connectivity index is 1.81. The maximum atomic E-state index is 8.68. The van der Waals surface area contributed by atoms with Crippen LogP contribution in [0, 0.1) is 0 Å². The molecule has 2 nitrogen and oxygen atoms in total. The van der Waals surface area contributed by atoms with E-state index in [1.165, 1.54) is 5.56 Å². The van der Waals surface area contributed by atoms with Crippen LogP contribution in [0.1, 0.15) is 12.0 Å². The Kier molecular flexibility index (Phi) is 4.55. The molecule has 1 atom stereocenters. The zero-order chi connectivity index (χ0) is 11.4. The number of fused-ring (bicyclic) bond motifs is 1. The van der Waals surface area contributed by atoms with Gasteiger partial charge in [0.2, 0.25) is 0 Å². The molecule has 0 fully saturated rings. The zero-order valence-electron chi connectivity index (χ0n) is 8.99. The standard InChI is InChI=1S/C12H15BrO2S/c13-10-2-3-12-9(6-10)7-11(15-12)8-16-5-1-4-14/h2-3,6,11,14H,1,4-5,7-8H2. The van der Waals surface area contributed by atoms with Gasteiger partial charge in [0.05, 0.1) is 0 Å². The Morgan fingerprint density at radius 3 is 3.19 bits per heavy atom. The van der Waals surface area contributed by atoms with Crippen LogP contribution in [-0.4, -0.2) is 29.3 Å². The smallest absolute Gasteiger partial charge is 0.123 e. The van der Waals surface area contributed by atoms with Gasteiger partial charge < -0.3 is 9.84 Å². The summed E-state index contributed by atoms with van der Waals surface area (Å²) >= 11 is 5.32. The quantitative estimate of drug-likeness (QED) is 0.848. The number of aliphatic hydroxyl groups excluding tert-OH is 1. The molecule has 1 N–H and O–H groups in total. The van der Waals surface area contributed by atoms with E-state index in [0.29, 0.717) is 6.10 Å². The fourth-order valence-electron chi connectivity index (χ4n) is 1.76. The molecule has 2 rings (SSSR count). The molecule has 4 heteroatoms. The molecule has 0 saturated heterocycles. The average Bonchev–Trinajstić information content (AvgIpc) is 2.66. The lowest BCUT2D eigenvalue weighted by atomic mass is 10.1. The van der Waals surface area contributed by atoms with Gasteiger partial charge in [0, 0.05) is 23.3 Å². The second-order valence-corrected chi connectivity index (χ2v) is 5.91. The van der Waals surface area contributed by atoms with Crippen LogP contribution in [0.5, 0.6) is 5.75 Å². The maximum absolute atomic E-state index is 8.68. The van der Waals surface area contributed by atoms with E-state index in [0.717, 1.165) is 34.6 Å². The van der Waals surface area contributed by atoms with Crippen LogP contribution >= 0.6 is 27.7 Å². The lowest BCUT2D eigenvalue weighted by molar-refractivity contribution is 0.259. The van der Waals surface area contributed by atoms with Gasteiger partial charge in [0.1, 0.15) is 11.9 Å². The minimum atomic E-state index is 0.283. The summed E-state index contributed by atoms with van der Waals surface area (Å²) < 4.78 is 6.95. The van der Waals surface area contributed by atoms with Crippen molar-refractivity contribution in [1.29, 1.82) is 0 Å². The number of rotatable bonds is 5. The first-order chi connectivity index (χ1) is 7.79. The van der Waals surface area contributed by atoms with Crippen LogP contribution in [-0.2, 0) is 6.42 Å². The summed E-state index contributed by atoms with van der Waals surface area (Å²) in [5, 5.41) is 8.68. The van der Waals surface area contributed by atoms with E-state index >= 15 is 0 Å². The van der Waals surface area contributed by atoms with Crippen molar-refractivity contribution in [2.45, 2.75) is 18.9 Å². The number of aliphatic hydroxyl groups is 1. The topological polar surface area (TPSA) is 29.5 Å². The SMILES string of the molecule is OCCCSCC1Cc2cc(Br)ccc2O1. The van der Waals surface area contributed by atoms with Gasteiger partial charge in [-0.2, -0.15) is 11.8 Å². The molecule has 1 aromatic rings. The molecule has 0 saturated carbocycles. The third-order valence-electron chi connectivity index (χ3n) is 2.51. The first-order valence-corrected chi connectivity index (χ1v) is 7.38. The highest BCUT2D eigenvalue weighted by molar-refractivity contribution is 9.10. The van der Waals surface area contributed by atoms with Gasteiger partial charge in [-0.3, -0.25) is 0 Å². The first-order valence-electron chi connectivity index (χ1n) is 5.43. The number of hydrogen-bond donors (Lipinski definition) is 1. The Morgan fingerprint density at radius 1 is 1.50 bits per heavy atom. The van der Waals surface area contributed by atoms with Crippen molar-refractivity contribution in [3.8, 4) is 5.75 Å². The molecule has 0 bridgehead atoms. The van der Waals surface area contributed by atoms with Gasteiger partial charge >= 0.3 is 0 Å². The third-order valence-corrected chi connectivity index (χ3v) is 4.19. The van der Waals surface area contributed by atoms with Crippen LogP contribution in [0.15, 0.2) is 22.7 Å². The van der Waals surface area contributed by atoms with E-state index in [9.17, 15) is 0 Å². The zero-order valence-corrected chi connectivity index (χ0v) is 11.4. The molecule has 1 aliphatic heterocycles. The fourth-order valence-corrected chi connectivity index (χ4v) is 3.12. The first kappa shape index (κ1) is 12.3. The lowest BCUT2D eigenvalue weighted by Crippen LogP contribution is -2.16. The molecular formula is C12H15BrO2S. The Hall–Kier alpha value is -0.190. The van der Waals surface area contributed by atoms with Crippen molar-refractivity contribution >= 4 is 27.7 Å². The highest BCUT2D eigenvalue weighted by Crippen LogP contribution is 2.32. The molecule has 0 spiro atoms. The maximum Gasteiger partial charge on any atom is 0.123 e. The average molecular weight is 303 g/mol. The predicted octanol–water partition coefficient (Wildman–Crippen LogP) is 2.87. The lowest BCUT2D eigenvalue weighted by Gasteiger charge is -2.09. The van der Waals surface area contributed by atoms with Gasteiger partial charge in [-0.25, -0.2) is 0 Å². The van der Waals surface area contributed by atoms with E-state index in [-0.39, 0.29) is 6.61 Å². The summed E-state index contributed by atoms with van der Waals surface area (Å²) in [6, 6.07) is 6.17. The van der Waals surface area contributed by atoms with E-state index < -0.39 is 0 Å². The van der Waals surface area contributed by atoms with Crippen molar-refractivity contribution < 1.29 is 9.84 Å². The molecule has 1 aliphatic rings. The van der Waals surface area contributed by atoms with Crippen molar-refractivity contribution in [2.24, 2.45) is 0 Å². The Labute approximate surface area is 109 Å². The largest absolute Gasteiger partial charge is 0.489 e. The molecule has 88 valence electrons. The Bertz CT molecular complexity index is 357. The van der Waals surface area contributed by atoms with Gasteiger partial charge in [0.15, 0.2) is 0 Å². The minimum Gasteiger partial charge on any atom is -0.489 e. The van der Waals surface area contributed by atoms with Crippen molar-refractivity contribution in [3.05, 3.63) is 28.2 Å². The summed E-state index contributed by atoms with van der Waals surface area (Å²) in [4.78, 5) is 0. The minimum absolute atomic E-state index is 0.283. The highest BCUT2D eigenvalue weighted by atomic mass is 79.9. The van der Waals surface area contributed by atoms with Gasteiger partial charge in [-0.15, -0.1) is 0 Å². The predicted molar refractivity (Wildman–Crippen MR) is 71.3 cm³/mol. The fraction of sp³-hybridized carbons (Fsp3) is 0.500. The third kappa shape index (κ3) is 3.15. The van der Waals surface area contributed by atoms with E-state index in [1.807, 2.05) is 23.9 Å². The molecule has 0 radical (unpaired) electrons. The molecule has 1 heterocycles. The summed E-state index contributed by atoms with van der Waals surface area (Å²) in [7, 11) is 0. The Morgan fingerprint density at radius 2 is 2.38 bits per heavy atom. The molecule has 1 aromatic carbocycles. The van der Waals surface area contributed by atoms with Crippen LogP contribution in [0.3, 0.4) is 0 Å². The summed E-state index contributed by atoms with van der Waals surface area (Å²) in [6.07, 6.45) is 2.17. The molecule has 16 heavy (non-hydrogen) atoms. The molecule has 1 unspecified atom stereocenters. The second kappa shape index (κ2) is 5.94. The number of hydrogen-bond acceptors (Lipinski definition) is 3. The van der Waals surface area contributed by atoms with Crippen molar-refractivity contribution in [3.63, 3.8) is 0 Å². The number of benzene rings is 1. The van der Waals surface area contributed by atoms with Crippen LogP contribution in [0.4, 0.5) is 0 Å². The van der Waals surface area contributed by atoms with Crippen molar-refractivity contribution in [1.82, 2.24) is 0 Å². The van der Waals surface area contributed by atoms with E-state index in [4.69, 9.17) is 9.84 Å². The van der Waals surface area contributed by atoms with Crippen LogP contribution in [0.25, 0.3) is 0 Å². The van der Waals surface area contributed by atoms with Crippen LogP contribution in [0.2, 0.25) is 0 Å². The van der Waals surface area contributed by atoms with Crippen molar-refractivity contribution in [2.75, 3.05) is 18.1 Å². The normalized spacial score (nSPS) is 18.2. The second-order valence-electron chi connectivity index (χ2n) is 3.85. The monoisotopic (exact) mass is 302 g/mol. The molecule has 0 aliphatic carbocycles. The van der Waals surface area contributed by atoms with Gasteiger partial charge in [-0.05, 0) is 35.9 Å². The van der Waals surface area contributed by atoms with E-state index in [1.54, 1.807) is 0 Å². The number of halogens is 1. The van der Waals surface area contributed by atoms with Gasteiger partial charge in [-0.1, -0.05) is 15.9 Å². The van der Waals surface area contributed by atoms with Crippen LogP contribution < -0.4 is 4.74 Å².